The summed E-state index contributed by atoms with van der Waals surface area (Å²) >= 11 is 0. The molecule has 1 heterocycles. The van der Waals surface area contributed by atoms with Gasteiger partial charge in [0.1, 0.15) is 24.5 Å². The molecule has 2 saturated carbocycles. The summed E-state index contributed by atoms with van der Waals surface area (Å²) in [5.41, 5.74) is -0.205. The number of nitriles is 1. The maximum atomic E-state index is 14.2. The molecule has 7 nitrogen and oxygen atoms in total. The number of amides is 2. The Morgan fingerprint density at radius 2 is 1.87 bits per heavy atom. The zero-order valence-corrected chi connectivity index (χ0v) is 16.0. The maximum Gasteiger partial charge on any atom is 0.254 e. The van der Waals surface area contributed by atoms with E-state index in [9.17, 15) is 18.4 Å². The molecule has 0 radical (unpaired) electrons. The molecule has 2 aliphatic rings. The molecule has 1 aromatic carbocycles. The topological polar surface area (TPSA) is 99.0 Å². The molecule has 1 aromatic heterocycles. The van der Waals surface area contributed by atoms with Crippen LogP contribution in [0.15, 0.2) is 36.7 Å². The second-order valence-corrected chi connectivity index (χ2v) is 7.70. The minimum absolute atomic E-state index is 0.00298. The third kappa shape index (κ3) is 4.43. The highest BCUT2D eigenvalue weighted by atomic mass is 19.1. The van der Waals surface area contributed by atoms with Gasteiger partial charge in [0, 0.05) is 18.0 Å². The summed E-state index contributed by atoms with van der Waals surface area (Å²) < 4.78 is 27.6. The maximum absolute atomic E-state index is 14.2. The number of hydrogen-bond acceptors (Lipinski definition) is 5. The van der Waals surface area contributed by atoms with Crippen molar-refractivity contribution in [3.8, 4) is 6.07 Å². The standard InChI is InChI=1S/C21H19F2N5O2/c22-17-7-15(17)11-28(12-18(29)27-20-25-9-13(8-24)10-26-20)19(30)14-1-3-16(4-2-14)21(23)5-6-21/h1-4,9-10,15,17H,5-7,11-12H2,(H,25,26,27,29)/t15-,17+/m0/s1. The van der Waals surface area contributed by atoms with Crippen LogP contribution in [0.1, 0.15) is 40.7 Å². The van der Waals surface area contributed by atoms with Crippen molar-refractivity contribution in [3.63, 3.8) is 0 Å². The number of rotatable bonds is 7. The Balaban J connectivity index is 1.44. The Bertz CT molecular complexity index is 1000. The molecule has 0 unspecified atom stereocenters. The van der Waals surface area contributed by atoms with Crippen molar-refractivity contribution >= 4 is 17.8 Å². The fourth-order valence-electron chi connectivity index (χ4n) is 3.18. The number of carbonyl (C=O) groups excluding carboxylic acids is 2. The molecule has 30 heavy (non-hydrogen) atoms. The fourth-order valence-corrected chi connectivity index (χ4v) is 3.18. The van der Waals surface area contributed by atoms with E-state index in [1.807, 2.05) is 6.07 Å². The van der Waals surface area contributed by atoms with Crippen molar-refractivity contribution in [2.24, 2.45) is 5.92 Å². The van der Waals surface area contributed by atoms with E-state index in [2.05, 4.69) is 15.3 Å². The lowest BCUT2D eigenvalue weighted by atomic mass is 10.1. The van der Waals surface area contributed by atoms with Gasteiger partial charge in [-0.1, -0.05) is 12.1 Å². The van der Waals surface area contributed by atoms with Gasteiger partial charge in [-0.15, -0.1) is 0 Å². The molecule has 4 rings (SSSR count). The molecule has 1 N–H and O–H groups in total. The van der Waals surface area contributed by atoms with E-state index < -0.39 is 23.7 Å². The largest absolute Gasteiger partial charge is 0.329 e. The zero-order chi connectivity index (χ0) is 21.3. The third-order valence-electron chi connectivity index (χ3n) is 5.28. The molecule has 2 amide bonds. The second kappa shape index (κ2) is 7.78. The van der Waals surface area contributed by atoms with Crippen molar-refractivity contribution in [2.45, 2.75) is 31.1 Å². The van der Waals surface area contributed by atoms with E-state index in [1.54, 1.807) is 12.1 Å². The van der Waals surface area contributed by atoms with E-state index in [0.717, 1.165) is 0 Å². The average Bonchev–Trinajstić information content (AvgIpc) is 3.67. The van der Waals surface area contributed by atoms with Crippen LogP contribution in [-0.2, 0) is 10.5 Å². The van der Waals surface area contributed by atoms with Gasteiger partial charge in [0.25, 0.3) is 5.91 Å². The average molecular weight is 411 g/mol. The number of carbonyl (C=O) groups is 2. The number of nitrogens with one attached hydrogen (secondary N) is 1. The second-order valence-electron chi connectivity index (χ2n) is 7.70. The van der Waals surface area contributed by atoms with Crippen LogP contribution < -0.4 is 5.32 Å². The van der Waals surface area contributed by atoms with Crippen molar-refractivity contribution in [1.82, 2.24) is 14.9 Å². The van der Waals surface area contributed by atoms with Gasteiger partial charge in [0.15, 0.2) is 0 Å². The molecule has 2 atom stereocenters. The first kappa shape index (κ1) is 19.9. The third-order valence-corrected chi connectivity index (χ3v) is 5.28. The first-order valence-electron chi connectivity index (χ1n) is 9.63. The Morgan fingerprint density at radius 1 is 1.23 bits per heavy atom. The fraction of sp³-hybridized carbons (Fsp3) is 0.381. The monoisotopic (exact) mass is 411 g/mol. The Kier molecular flexibility index (Phi) is 5.16. The molecule has 2 fully saturated rings. The summed E-state index contributed by atoms with van der Waals surface area (Å²) in [7, 11) is 0. The molecule has 9 heteroatoms. The van der Waals surface area contributed by atoms with Crippen molar-refractivity contribution in [3.05, 3.63) is 53.3 Å². The Morgan fingerprint density at radius 3 is 2.40 bits per heavy atom. The lowest BCUT2D eigenvalue weighted by Crippen LogP contribution is -2.39. The summed E-state index contributed by atoms with van der Waals surface area (Å²) in [6, 6.07) is 8.10. The van der Waals surface area contributed by atoms with Crippen LogP contribution in [0, 0.1) is 17.2 Å². The zero-order valence-electron chi connectivity index (χ0n) is 16.0. The lowest BCUT2D eigenvalue weighted by Gasteiger charge is -2.22. The van der Waals surface area contributed by atoms with E-state index in [4.69, 9.17) is 5.26 Å². The van der Waals surface area contributed by atoms with E-state index in [0.29, 0.717) is 30.4 Å². The number of nitrogens with zero attached hydrogens (tertiary/aromatic N) is 4. The van der Waals surface area contributed by atoms with Crippen LogP contribution in [0.2, 0.25) is 0 Å². The number of halogens is 2. The Labute approximate surface area is 171 Å². The number of hydrogen-bond donors (Lipinski definition) is 1. The molecule has 2 aromatic rings. The molecular formula is C21H19F2N5O2. The van der Waals surface area contributed by atoms with E-state index in [-0.39, 0.29) is 30.5 Å². The minimum atomic E-state index is -1.29. The molecule has 0 saturated heterocycles. The van der Waals surface area contributed by atoms with Gasteiger partial charge in [-0.3, -0.25) is 14.9 Å². The summed E-state index contributed by atoms with van der Waals surface area (Å²) in [6.07, 6.45) is 2.86. The van der Waals surface area contributed by atoms with Gasteiger partial charge in [-0.2, -0.15) is 5.26 Å². The Hall–Kier alpha value is -3.41. The van der Waals surface area contributed by atoms with Crippen molar-refractivity contribution in [1.29, 1.82) is 5.26 Å². The van der Waals surface area contributed by atoms with Gasteiger partial charge < -0.3 is 4.90 Å². The molecule has 154 valence electrons. The smallest absolute Gasteiger partial charge is 0.254 e. The lowest BCUT2D eigenvalue weighted by molar-refractivity contribution is -0.117. The first-order chi connectivity index (χ1) is 14.4. The van der Waals surface area contributed by atoms with Crippen LogP contribution in [-0.4, -0.2) is 45.9 Å². The summed E-state index contributed by atoms with van der Waals surface area (Å²) in [6.45, 7) is -0.198. The van der Waals surface area contributed by atoms with Gasteiger partial charge in [-0.25, -0.2) is 18.7 Å². The normalized spacial score (nSPS) is 20.7. The highest BCUT2D eigenvalue weighted by Gasteiger charge is 2.45. The highest BCUT2D eigenvalue weighted by Crippen LogP contribution is 2.49. The van der Waals surface area contributed by atoms with Gasteiger partial charge in [0.2, 0.25) is 11.9 Å². The van der Waals surface area contributed by atoms with Gasteiger partial charge in [0.05, 0.1) is 18.0 Å². The number of benzene rings is 1. The van der Waals surface area contributed by atoms with Crippen LogP contribution >= 0.6 is 0 Å². The predicted octanol–water partition coefficient (Wildman–Crippen LogP) is 2.75. The number of anilines is 1. The van der Waals surface area contributed by atoms with Crippen LogP contribution in [0.5, 0.6) is 0 Å². The van der Waals surface area contributed by atoms with E-state index >= 15 is 0 Å². The predicted molar refractivity (Wildman–Crippen MR) is 103 cm³/mol. The molecule has 0 spiro atoms. The molecule has 0 bridgehead atoms. The van der Waals surface area contributed by atoms with E-state index in [1.165, 1.54) is 29.4 Å². The number of aromatic nitrogens is 2. The van der Waals surface area contributed by atoms with Gasteiger partial charge in [-0.05, 0) is 37.0 Å². The number of alkyl halides is 2. The molecular weight excluding hydrogens is 392 g/mol. The minimum Gasteiger partial charge on any atom is -0.329 e. The quantitative estimate of drug-likeness (QED) is 0.755. The van der Waals surface area contributed by atoms with Gasteiger partial charge >= 0.3 is 0 Å². The summed E-state index contributed by atoms with van der Waals surface area (Å²) in [5.74, 6) is -1.27. The van der Waals surface area contributed by atoms with Crippen molar-refractivity contribution in [2.75, 3.05) is 18.4 Å². The van der Waals surface area contributed by atoms with Crippen LogP contribution in [0.25, 0.3) is 0 Å². The summed E-state index contributed by atoms with van der Waals surface area (Å²) in [5, 5.41) is 11.2. The molecule has 0 aliphatic heterocycles. The summed E-state index contributed by atoms with van der Waals surface area (Å²) in [4.78, 5) is 34.3. The van der Waals surface area contributed by atoms with Crippen LogP contribution in [0.3, 0.4) is 0 Å². The van der Waals surface area contributed by atoms with Crippen LogP contribution in [0.4, 0.5) is 14.7 Å². The SMILES string of the molecule is N#Cc1cnc(NC(=O)CN(C[C@@H]2C[C@H]2F)C(=O)c2ccc(C3(F)CC3)cc2)nc1. The van der Waals surface area contributed by atoms with Crippen molar-refractivity contribution < 1.29 is 18.4 Å². The first-order valence-corrected chi connectivity index (χ1v) is 9.63. The highest BCUT2D eigenvalue weighted by molar-refractivity contribution is 5.99. The molecule has 2 aliphatic carbocycles.